The molecular formula is C18H30N2. The molecule has 0 heterocycles. The first-order valence-electron chi connectivity index (χ1n) is 8.20. The maximum atomic E-state index is 5.78. The van der Waals surface area contributed by atoms with Crippen molar-refractivity contribution in [3.05, 3.63) is 29.8 Å². The maximum absolute atomic E-state index is 5.78. The Morgan fingerprint density at radius 3 is 2.50 bits per heavy atom. The number of nitrogens with two attached hydrogens (primary N) is 1. The van der Waals surface area contributed by atoms with Crippen LogP contribution in [0.3, 0.4) is 0 Å². The van der Waals surface area contributed by atoms with Gasteiger partial charge in [-0.15, -0.1) is 0 Å². The van der Waals surface area contributed by atoms with Gasteiger partial charge >= 0.3 is 0 Å². The van der Waals surface area contributed by atoms with Crippen LogP contribution in [-0.2, 0) is 6.54 Å². The predicted octanol–water partition coefficient (Wildman–Crippen LogP) is 4.45. The molecule has 0 saturated heterocycles. The zero-order valence-electron chi connectivity index (χ0n) is 13.3. The maximum Gasteiger partial charge on any atom is 0.0314 e. The highest BCUT2D eigenvalue weighted by Gasteiger charge is 2.27. The Balaban J connectivity index is 2.04. The van der Waals surface area contributed by atoms with Crippen molar-refractivity contribution >= 4 is 5.69 Å². The highest BCUT2D eigenvalue weighted by atomic mass is 15.2. The molecule has 1 fully saturated rings. The summed E-state index contributed by atoms with van der Waals surface area (Å²) in [6.07, 6.45) is 6.91. The molecule has 0 bridgehead atoms. The summed E-state index contributed by atoms with van der Waals surface area (Å²) < 4.78 is 0. The van der Waals surface area contributed by atoms with Crippen molar-refractivity contribution < 1.29 is 0 Å². The van der Waals surface area contributed by atoms with Crippen LogP contribution in [0.4, 0.5) is 5.69 Å². The second-order valence-electron chi connectivity index (χ2n) is 6.60. The van der Waals surface area contributed by atoms with E-state index in [2.05, 4.69) is 37.8 Å². The third-order valence-electron chi connectivity index (χ3n) is 4.81. The second kappa shape index (κ2) is 7.12. The van der Waals surface area contributed by atoms with Crippen LogP contribution in [0.5, 0.6) is 0 Å². The van der Waals surface area contributed by atoms with Crippen molar-refractivity contribution in [2.45, 2.75) is 71.5 Å². The summed E-state index contributed by atoms with van der Waals surface area (Å²) >= 11 is 0. The van der Waals surface area contributed by atoms with Crippen LogP contribution in [0.25, 0.3) is 0 Å². The highest BCUT2D eigenvalue weighted by Crippen LogP contribution is 2.31. The van der Waals surface area contributed by atoms with E-state index < -0.39 is 0 Å². The summed E-state index contributed by atoms with van der Waals surface area (Å²) in [6, 6.07) is 9.74. The number of rotatable bonds is 5. The summed E-state index contributed by atoms with van der Waals surface area (Å²) in [6.45, 7) is 8.05. The predicted molar refractivity (Wildman–Crippen MR) is 87.6 cm³/mol. The topological polar surface area (TPSA) is 29.3 Å². The van der Waals surface area contributed by atoms with E-state index in [1.165, 1.54) is 37.7 Å². The summed E-state index contributed by atoms with van der Waals surface area (Å²) in [7, 11) is 0. The van der Waals surface area contributed by atoms with Gasteiger partial charge in [0, 0.05) is 24.3 Å². The van der Waals surface area contributed by atoms with Crippen LogP contribution in [0, 0.1) is 5.92 Å². The third kappa shape index (κ3) is 3.99. The molecule has 112 valence electrons. The summed E-state index contributed by atoms with van der Waals surface area (Å²) in [5.74, 6) is 0.932. The zero-order valence-corrected chi connectivity index (χ0v) is 13.3. The number of anilines is 1. The first kappa shape index (κ1) is 15.4. The van der Waals surface area contributed by atoms with Gasteiger partial charge in [-0.3, -0.25) is 4.90 Å². The van der Waals surface area contributed by atoms with E-state index in [1.807, 2.05) is 12.1 Å². The van der Waals surface area contributed by atoms with Gasteiger partial charge in [0.25, 0.3) is 0 Å². The first-order chi connectivity index (χ1) is 9.60. The van der Waals surface area contributed by atoms with Crippen LogP contribution in [0.1, 0.15) is 58.4 Å². The van der Waals surface area contributed by atoms with Gasteiger partial charge in [0.1, 0.15) is 0 Å². The molecule has 2 unspecified atom stereocenters. The van der Waals surface area contributed by atoms with Gasteiger partial charge in [-0.05, 0) is 50.3 Å². The minimum Gasteiger partial charge on any atom is -0.399 e. The SMILES string of the molecule is CCC1CCCC(N(Cc2ccc(N)cc2)C(C)C)C1. The highest BCUT2D eigenvalue weighted by molar-refractivity contribution is 5.39. The van der Waals surface area contributed by atoms with E-state index in [0.29, 0.717) is 6.04 Å². The van der Waals surface area contributed by atoms with Gasteiger partial charge in [-0.25, -0.2) is 0 Å². The molecule has 1 aromatic carbocycles. The Morgan fingerprint density at radius 1 is 1.20 bits per heavy atom. The van der Waals surface area contributed by atoms with E-state index in [-0.39, 0.29) is 0 Å². The van der Waals surface area contributed by atoms with Crippen LogP contribution in [-0.4, -0.2) is 17.0 Å². The summed E-state index contributed by atoms with van der Waals surface area (Å²) in [4.78, 5) is 2.69. The smallest absolute Gasteiger partial charge is 0.0314 e. The molecule has 1 saturated carbocycles. The molecule has 2 rings (SSSR count). The molecule has 2 atom stereocenters. The first-order valence-corrected chi connectivity index (χ1v) is 8.20. The monoisotopic (exact) mass is 274 g/mol. The Bertz CT molecular complexity index is 396. The van der Waals surface area contributed by atoms with Crippen molar-refractivity contribution in [2.75, 3.05) is 5.73 Å². The zero-order chi connectivity index (χ0) is 14.5. The van der Waals surface area contributed by atoms with Gasteiger partial charge in [-0.2, -0.15) is 0 Å². The Hall–Kier alpha value is -1.02. The van der Waals surface area contributed by atoms with E-state index in [4.69, 9.17) is 5.73 Å². The average molecular weight is 274 g/mol. The van der Waals surface area contributed by atoms with Crippen molar-refractivity contribution in [2.24, 2.45) is 5.92 Å². The second-order valence-corrected chi connectivity index (χ2v) is 6.60. The number of hydrogen-bond acceptors (Lipinski definition) is 2. The lowest BCUT2D eigenvalue weighted by atomic mass is 9.83. The van der Waals surface area contributed by atoms with Crippen molar-refractivity contribution in [3.8, 4) is 0 Å². The fraction of sp³-hybridized carbons (Fsp3) is 0.667. The van der Waals surface area contributed by atoms with E-state index in [1.54, 1.807) is 0 Å². The minimum absolute atomic E-state index is 0.605. The molecule has 0 amide bonds. The van der Waals surface area contributed by atoms with E-state index in [0.717, 1.165) is 24.2 Å². The van der Waals surface area contributed by atoms with Crippen molar-refractivity contribution in [1.29, 1.82) is 0 Å². The molecule has 2 nitrogen and oxygen atoms in total. The van der Waals surface area contributed by atoms with Crippen LogP contribution >= 0.6 is 0 Å². The number of hydrogen-bond donors (Lipinski definition) is 1. The molecule has 0 radical (unpaired) electrons. The van der Waals surface area contributed by atoms with Crippen LogP contribution in [0.15, 0.2) is 24.3 Å². The molecule has 2 heteroatoms. The Morgan fingerprint density at radius 2 is 1.90 bits per heavy atom. The molecule has 1 aliphatic carbocycles. The molecule has 1 aliphatic rings. The normalized spacial score (nSPS) is 23.4. The van der Waals surface area contributed by atoms with Crippen LogP contribution < -0.4 is 5.73 Å². The molecule has 0 spiro atoms. The fourth-order valence-corrected chi connectivity index (χ4v) is 3.50. The average Bonchev–Trinajstić information content (AvgIpc) is 2.46. The molecule has 0 aromatic heterocycles. The largest absolute Gasteiger partial charge is 0.399 e. The lowest BCUT2D eigenvalue weighted by Gasteiger charge is -2.40. The molecule has 1 aromatic rings. The van der Waals surface area contributed by atoms with Gasteiger partial charge in [-0.1, -0.05) is 38.3 Å². The Labute approximate surface area is 124 Å². The lowest BCUT2D eigenvalue weighted by molar-refractivity contribution is 0.0909. The molecular weight excluding hydrogens is 244 g/mol. The van der Waals surface area contributed by atoms with E-state index in [9.17, 15) is 0 Å². The summed E-state index contributed by atoms with van der Waals surface area (Å²) in [5, 5.41) is 0. The van der Waals surface area contributed by atoms with Gasteiger partial charge in [0.15, 0.2) is 0 Å². The van der Waals surface area contributed by atoms with Crippen molar-refractivity contribution in [1.82, 2.24) is 4.90 Å². The van der Waals surface area contributed by atoms with E-state index >= 15 is 0 Å². The number of nitrogens with zero attached hydrogens (tertiary/aromatic N) is 1. The summed E-state index contributed by atoms with van der Waals surface area (Å²) in [5.41, 5.74) is 8.02. The molecule has 2 N–H and O–H groups in total. The molecule has 0 aliphatic heterocycles. The van der Waals surface area contributed by atoms with Crippen LogP contribution in [0.2, 0.25) is 0 Å². The number of nitrogen functional groups attached to an aromatic ring is 1. The molecule has 20 heavy (non-hydrogen) atoms. The standard InChI is InChI=1S/C18H30N2/c1-4-15-6-5-7-18(12-15)20(14(2)3)13-16-8-10-17(19)11-9-16/h8-11,14-15,18H,4-7,12-13,19H2,1-3H3. The quantitative estimate of drug-likeness (QED) is 0.804. The third-order valence-corrected chi connectivity index (χ3v) is 4.81. The van der Waals surface area contributed by atoms with Gasteiger partial charge < -0.3 is 5.73 Å². The van der Waals surface area contributed by atoms with Gasteiger partial charge in [0.05, 0.1) is 0 Å². The lowest BCUT2D eigenvalue weighted by Crippen LogP contribution is -2.42. The number of benzene rings is 1. The Kier molecular flexibility index (Phi) is 5.47. The minimum atomic E-state index is 0.605. The van der Waals surface area contributed by atoms with Gasteiger partial charge in [0.2, 0.25) is 0 Å². The van der Waals surface area contributed by atoms with Crippen molar-refractivity contribution in [3.63, 3.8) is 0 Å². The fourth-order valence-electron chi connectivity index (χ4n) is 3.50.